The van der Waals surface area contributed by atoms with Crippen molar-refractivity contribution in [1.29, 1.82) is 0 Å². The zero-order valence-electron chi connectivity index (χ0n) is 9.99. The van der Waals surface area contributed by atoms with Crippen LogP contribution in [0.2, 0.25) is 0 Å². The molecule has 0 radical (unpaired) electrons. The predicted molar refractivity (Wildman–Crippen MR) is 70.9 cm³/mol. The third-order valence-electron chi connectivity index (χ3n) is 4.04. The summed E-state index contributed by atoms with van der Waals surface area (Å²) < 4.78 is 2.39. The zero-order valence-corrected chi connectivity index (χ0v) is 10.8. The van der Waals surface area contributed by atoms with Crippen molar-refractivity contribution < 1.29 is 0 Å². The van der Waals surface area contributed by atoms with Gasteiger partial charge in [-0.2, -0.15) is 0 Å². The van der Waals surface area contributed by atoms with E-state index in [1.165, 1.54) is 30.0 Å². The van der Waals surface area contributed by atoms with Crippen LogP contribution in [0.4, 0.5) is 0 Å². The smallest absolute Gasteiger partial charge is 0.104 e. The minimum atomic E-state index is 0.446. The van der Waals surface area contributed by atoms with Gasteiger partial charge in [-0.15, -0.1) is 11.3 Å². The second kappa shape index (κ2) is 3.47. The minimum absolute atomic E-state index is 0.446. The molecule has 2 nitrogen and oxygen atoms in total. The molecule has 2 aromatic heterocycles. The Bertz CT molecular complexity index is 579. The molecule has 3 heterocycles. The van der Waals surface area contributed by atoms with E-state index in [2.05, 4.69) is 35.1 Å². The molecule has 0 fully saturated rings. The standard InChI is InChI=1S/C14H16N2S/c1-9-12-5-3-7-16(12)14-11(8-15-9)10-4-2-6-13(10)17-14/h3,5,7,9,15H,2,4,6,8H2,1H3. The Morgan fingerprint density at radius 2 is 2.29 bits per heavy atom. The summed E-state index contributed by atoms with van der Waals surface area (Å²) in [5.74, 6) is 0. The molecule has 0 spiro atoms. The Kier molecular flexibility index (Phi) is 2.02. The van der Waals surface area contributed by atoms with Gasteiger partial charge >= 0.3 is 0 Å². The lowest BCUT2D eigenvalue weighted by molar-refractivity contribution is 0.568. The highest BCUT2D eigenvalue weighted by molar-refractivity contribution is 7.15. The number of aromatic nitrogens is 1. The van der Waals surface area contributed by atoms with Crippen molar-refractivity contribution in [2.45, 2.75) is 38.8 Å². The number of hydrogen-bond donors (Lipinski definition) is 1. The number of aryl methyl sites for hydroxylation is 1. The molecule has 1 aliphatic carbocycles. The molecular formula is C14H16N2S. The van der Waals surface area contributed by atoms with Crippen molar-refractivity contribution in [1.82, 2.24) is 9.88 Å². The van der Waals surface area contributed by atoms with Crippen LogP contribution in [-0.2, 0) is 19.4 Å². The van der Waals surface area contributed by atoms with E-state index in [-0.39, 0.29) is 0 Å². The van der Waals surface area contributed by atoms with E-state index >= 15 is 0 Å². The van der Waals surface area contributed by atoms with Gasteiger partial charge in [0, 0.05) is 34.9 Å². The third-order valence-corrected chi connectivity index (χ3v) is 5.37. The van der Waals surface area contributed by atoms with Crippen molar-refractivity contribution in [3.63, 3.8) is 0 Å². The summed E-state index contributed by atoms with van der Waals surface area (Å²) in [6, 6.07) is 4.84. The highest BCUT2D eigenvalue weighted by Crippen LogP contribution is 2.40. The van der Waals surface area contributed by atoms with Crippen LogP contribution < -0.4 is 5.32 Å². The zero-order chi connectivity index (χ0) is 11.4. The van der Waals surface area contributed by atoms with Crippen molar-refractivity contribution in [3.05, 3.63) is 40.0 Å². The molecule has 0 saturated heterocycles. The Morgan fingerprint density at radius 1 is 1.35 bits per heavy atom. The fourth-order valence-corrected chi connectivity index (χ4v) is 4.54. The van der Waals surface area contributed by atoms with Crippen molar-refractivity contribution in [3.8, 4) is 5.00 Å². The van der Waals surface area contributed by atoms with Crippen LogP contribution in [0.3, 0.4) is 0 Å². The molecule has 1 unspecified atom stereocenters. The van der Waals surface area contributed by atoms with E-state index in [9.17, 15) is 0 Å². The van der Waals surface area contributed by atoms with Crippen LogP contribution in [0.15, 0.2) is 18.3 Å². The highest BCUT2D eigenvalue weighted by Gasteiger charge is 2.26. The molecule has 0 bridgehead atoms. The largest absolute Gasteiger partial charge is 0.311 e. The molecule has 3 heteroatoms. The van der Waals surface area contributed by atoms with E-state index < -0.39 is 0 Å². The van der Waals surface area contributed by atoms with Crippen LogP contribution in [0, 0.1) is 0 Å². The van der Waals surface area contributed by atoms with Crippen LogP contribution in [0.25, 0.3) is 5.00 Å². The third kappa shape index (κ3) is 1.30. The van der Waals surface area contributed by atoms with Crippen LogP contribution in [-0.4, -0.2) is 4.57 Å². The molecule has 17 heavy (non-hydrogen) atoms. The summed E-state index contributed by atoms with van der Waals surface area (Å²) in [4.78, 5) is 1.63. The van der Waals surface area contributed by atoms with Crippen LogP contribution >= 0.6 is 11.3 Å². The number of nitrogens with zero attached hydrogens (tertiary/aromatic N) is 1. The number of nitrogens with one attached hydrogen (secondary N) is 1. The average molecular weight is 244 g/mol. The molecule has 0 amide bonds. The molecule has 2 aliphatic rings. The van der Waals surface area contributed by atoms with E-state index in [0.29, 0.717) is 6.04 Å². The highest BCUT2D eigenvalue weighted by atomic mass is 32.1. The summed E-state index contributed by atoms with van der Waals surface area (Å²) in [6.07, 6.45) is 6.14. The predicted octanol–water partition coefficient (Wildman–Crippen LogP) is 3.19. The first kappa shape index (κ1) is 9.92. The lowest BCUT2D eigenvalue weighted by Crippen LogP contribution is -2.17. The molecule has 0 aromatic carbocycles. The first-order valence-corrected chi connectivity index (χ1v) is 7.20. The van der Waals surface area contributed by atoms with E-state index in [1.54, 1.807) is 16.0 Å². The van der Waals surface area contributed by atoms with Gasteiger partial charge in [-0.1, -0.05) is 0 Å². The monoisotopic (exact) mass is 244 g/mol. The van der Waals surface area contributed by atoms with Crippen LogP contribution in [0.1, 0.15) is 41.1 Å². The first-order valence-electron chi connectivity index (χ1n) is 6.39. The van der Waals surface area contributed by atoms with E-state index in [0.717, 1.165) is 6.54 Å². The van der Waals surface area contributed by atoms with E-state index in [1.807, 2.05) is 11.3 Å². The number of rotatable bonds is 0. The molecule has 1 atom stereocenters. The lowest BCUT2D eigenvalue weighted by Gasteiger charge is -2.11. The van der Waals surface area contributed by atoms with Crippen molar-refractivity contribution in [2.24, 2.45) is 0 Å². The number of hydrogen-bond acceptors (Lipinski definition) is 2. The number of thiophene rings is 1. The van der Waals surface area contributed by atoms with Gasteiger partial charge in [0.15, 0.2) is 0 Å². The SMILES string of the molecule is CC1NCc2c(sc3c2CCC3)-n2cccc21. The topological polar surface area (TPSA) is 17.0 Å². The molecule has 1 aliphatic heterocycles. The second-order valence-corrected chi connectivity index (χ2v) is 6.13. The van der Waals surface area contributed by atoms with Gasteiger partial charge in [-0.25, -0.2) is 0 Å². The minimum Gasteiger partial charge on any atom is -0.311 e. The summed E-state index contributed by atoms with van der Waals surface area (Å²) in [6.45, 7) is 3.28. The van der Waals surface area contributed by atoms with Crippen LogP contribution in [0.5, 0.6) is 0 Å². The van der Waals surface area contributed by atoms with Gasteiger partial charge in [0.25, 0.3) is 0 Å². The van der Waals surface area contributed by atoms with Gasteiger partial charge in [-0.3, -0.25) is 0 Å². The fourth-order valence-electron chi connectivity index (χ4n) is 3.12. The van der Waals surface area contributed by atoms with Gasteiger partial charge in [0.05, 0.1) is 0 Å². The van der Waals surface area contributed by atoms with Gasteiger partial charge < -0.3 is 9.88 Å². The molecular weight excluding hydrogens is 228 g/mol. The van der Waals surface area contributed by atoms with Crippen molar-refractivity contribution in [2.75, 3.05) is 0 Å². The second-order valence-electron chi connectivity index (χ2n) is 5.05. The van der Waals surface area contributed by atoms with Crippen molar-refractivity contribution >= 4 is 11.3 Å². The molecule has 88 valence electrons. The molecule has 4 rings (SSSR count). The maximum Gasteiger partial charge on any atom is 0.104 e. The van der Waals surface area contributed by atoms with Gasteiger partial charge in [0.2, 0.25) is 0 Å². The normalized spacial score (nSPS) is 21.8. The quantitative estimate of drug-likeness (QED) is 0.753. The first-order chi connectivity index (χ1) is 8.34. The molecule has 0 saturated carbocycles. The molecule has 2 aromatic rings. The summed E-state index contributed by atoms with van der Waals surface area (Å²) in [7, 11) is 0. The summed E-state index contributed by atoms with van der Waals surface area (Å²) in [5, 5.41) is 5.11. The fraction of sp³-hybridized carbons (Fsp3) is 0.429. The summed E-state index contributed by atoms with van der Waals surface area (Å²) in [5.41, 5.74) is 4.60. The Labute approximate surface area is 105 Å². The average Bonchev–Trinajstić information content (AvgIpc) is 2.99. The molecule has 1 N–H and O–H groups in total. The summed E-state index contributed by atoms with van der Waals surface area (Å²) >= 11 is 2.01. The van der Waals surface area contributed by atoms with Gasteiger partial charge in [0.1, 0.15) is 5.00 Å². The van der Waals surface area contributed by atoms with Gasteiger partial charge in [-0.05, 0) is 43.9 Å². The Hall–Kier alpha value is -1.06. The lowest BCUT2D eigenvalue weighted by atomic mass is 10.1. The maximum absolute atomic E-state index is 3.64. The van der Waals surface area contributed by atoms with E-state index in [4.69, 9.17) is 0 Å². The maximum atomic E-state index is 3.64. The Morgan fingerprint density at radius 3 is 3.24 bits per heavy atom. The number of fused-ring (bicyclic) bond motifs is 5. The Balaban J connectivity index is 1.98.